The van der Waals surface area contributed by atoms with Gasteiger partial charge in [0.25, 0.3) is 0 Å². The zero-order chi connectivity index (χ0) is 22.8. The van der Waals surface area contributed by atoms with Gasteiger partial charge in [-0.3, -0.25) is 10.6 Å². The van der Waals surface area contributed by atoms with E-state index in [0.717, 1.165) is 5.82 Å². The molecule has 6 N–H and O–H groups in total. The molecule has 0 saturated carbocycles. The summed E-state index contributed by atoms with van der Waals surface area (Å²) >= 11 is 0. The molecule has 10 heteroatoms. The second kappa shape index (κ2) is 11.2. The van der Waals surface area contributed by atoms with Crippen molar-refractivity contribution in [2.75, 3.05) is 23.0 Å². The number of rotatable bonds is 5. The molecule has 2 aromatic rings. The molecular formula is C20H26N4O6. The van der Waals surface area contributed by atoms with Crippen LogP contribution < -0.4 is 26.5 Å². The number of anilines is 3. The van der Waals surface area contributed by atoms with Crippen molar-refractivity contribution in [3.05, 3.63) is 47.0 Å². The maximum Gasteiger partial charge on any atom is 0.411 e. The average molecular weight is 418 g/mol. The highest BCUT2D eigenvalue weighted by Crippen LogP contribution is 2.23. The number of pyridine rings is 1. The van der Waals surface area contributed by atoms with E-state index in [1.807, 2.05) is 6.07 Å². The maximum atomic E-state index is 11.5. The van der Waals surface area contributed by atoms with Gasteiger partial charge in [-0.05, 0) is 44.9 Å². The number of benzene rings is 1. The number of aliphatic carboxylic acids is 2. The third-order valence-electron chi connectivity index (χ3n) is 3.93. The van der Waals surface area contributed by atoms with Crippen LogP contribution in [-0.2, 0) is 14.3 Å². The number of carboxylic acid groups (broad SMARTS) is 2. The highest BCUT2D eigenvalue weighted by molar-refractivity contribution is 6.26. The zero-order valence-electron chi connectivity index (χ0n) is 17.2. The Hall–Kier alpha value is -3.82. The van der Waals surface area contributed by atoms with Gasteiger partial charge in [-0.25, -0.2) is 14.6 Å². The number of aromatic nitrogens is 1. The highest BCUT2D eigenvalue weighted by Gasteiger charge is 2.15. The van der Waals surface area contributed by atoms with Crippen molar-refractivity contribution in [1.82, 2.24) is 0 Å². The van der Waals surface area contributed by atoms with E-state index in [4.69, 9.17) is 30.3 Å². The molecule has 1 aromatic carbocycles. The zero-order valence-corrected chi connectivity index (χ0v) is 17.2. The molecule has 0 spiro atoms. The Morgan fingerprint density at radius 3 is 2.37 bits per heavy atom. The lowest BCUT2D eigenvalue weighted by Crippen LogP contribution is -2.30. The monoisotopic (exact) mass is 418 g/mol. The summed E-state index contributed by atoms with van der Waals surface area (Å²) in [6, 6.07) is 10.1. The second-order valence-corrected chi connectivity index (χ2v) is 6.36. The summed E-state index contributed by atoms with van der Waals surface area (Å²) in [6.07, 6.45) is -0.526. The van der Waals surface area contributed by atoms with Gasteiger partial charge in [0, 0.05) is 6.07 Å². The van der Waals surface area contributed by atoms with E-state index in [1.165, 1.54) is 16.7 Å². The van der Waals surface area contributed by atoms with Crippen molar-refractivity contribution in [3.63, 3.8) is 0 Å². The molecule has 1 heterocycles. The Balaban J connectivity index is 0.000000656. The van der Waals surface area contributed by atoms with Gasteiger partial charge >= 0.3 is 12.1 Å². The number of hydrogen-bond acceptors (Lipinski definition) is 7. The molecule has 2 rings (SSSR count). The maximum absolute atomic E-state index is 11.5. The van der Waals surface area contributed by atoms with Crippen LogP contribution in [0.3, 0.4) is 0 Å². The van der Waals surface area contributed by atoms with Crippen molar-refractivity contribution in [3.8, 4) is 0 Å². The number of H-pyrrole nitrogens is 1. The van der Waals surface area contributed by atoms with Crippen molar-refractivity contribution in [2.24, 2.45) is 0 Å². The van der Waals surface area contributed by atoms with Crippen molar-refractivity contribution in [2.45, 2.75) is 33.7 Å². The first kappa shape index (κ1) is 24.2. The molecule has 0 saturated heterocycles. The first-order valence-corrected chi connectivity index (χ1v) is 9.08. The van der Waals surface area contributed by atoms with Crippen molar-refractivity contribution in [1.29, 1.82) is 0 Å². The summed E-state index contributed by atoms with van der Waals surface area (Å²) < 4.78 is 4.84. The molecule has 0 aliphatic carbocycles. The predicted octanol–water partition coefficient (Wildman–Crippen LogP) is 1.26. The molecule has 0 bridgehead atoms. The fraction of sp³-hybridized carbons (Fsp3) is 0.300. The van der Waals surface area contributed by atoms with E-state index in [1.54, 1.807) is 13.0 Å². The van der Waals surface area contributed by atoms with Gasteiger partial charge in [0.15, 0.2) is 5.97 Å². The van der Waals surface area contributed by atoms with Gasteiger partial charge < -0.3 is 25.5 Å². The molecule has 0 fully saturated rings. The number of nitrogen functional groups attached to an aromatic ring is 1. The van der Waals surface area contributed by atoms with Gasteiger partial charge in [0.1, 0.15) is 5.69 Å². The third-order valence-corrected chi connectivity index (χ3v) is 3.93. The fourth-order valence-corrected chi connectivity index (χ4v) is 2.60. The molecule has 162 valence electrons. The Morgan fingerprint density at radius 2 is 1.87 bits per heavy atom. The molecule has 1 amide bonds. The van der Waals surface area contributed by atoms with Crippen LogP contribution in [0.4, 0.5) is 22.1 Å². The largest absolute Gasteiger partial charge is 0.539 e. The van der Waals surface area contributed by atoms with Crippen LogP contribution in [0.1, 0.15) is 36.6 Å². The SMILES string of the molecule is CCOC(=O)Nc1ccc(NC(C)c2ccc(C)cc2C)[nH+]c1N.O=C([O-])C(=O)O. The highest BCUT2D eigenvalue weighted by atomic mass is 16.5. The molecule has 10 nitrogen and oxygen atoms in total. The minimum Gasteiger partial charge on any atom is -0.539 e. The van der Waals surface area contributed by atoms with Gasteiger partial charge in [0.05, 0.1) is 12.6 Å². The number of hydrogen-bond donors (Lipinski definition) is 4. The smallest absolute Gasteiger partial charge is 0.411 e. The average Bonchev–Trinajstić information content (AvgIpc) is 2.64. The number of ether oxygens (including phenoxy) is 1. The number of carbonyl (C=O) groups excluding carboxylic acids is 2. The summed E-state index contributed by atoms with van der Waals surface area (Å²) in [4.78, 5) is 32.5. The number of nitrogens with two attached hydrogens (primary N) is 1. The van der Waals surface area contributed by atoms with Gasteiger partial charge in [0.2, 0.25) is 11.6 Å². The molecule has 0 radical (unpaired) electrons. The molecule has 1 atom stereocenters. The number of aryl methyl sites for hydroxylation is 2. The summed E-state index contributed by atoms with van der Waals surface area (Å²) in [7, 11) is 0. The van der Waals surface area contributed by atoms with Crippen LogP contribution in [0.15, 0.2) is 30.3 Å². The van der Waals surface area contributed by atoms with E-state index in [9.17, 15) is 4.79 Å². The Morgan fingerprint density at radius 1 is 1.23 bits per heavy atom. The predicted molar refractivity (Wildman–Crippen MR) is 109 cm³/mol. The second-order valence-electron chi connectivity index (χ2n) is 6.36. The Kier molecular flexibility index (Phi) is 9.08. The number of nitrogens with one attached hydrogen (secondary N) is 3. The normalized spacial score (nSPS) is 10.8. The van der Waals surface area contributed by atoms with E-state index >= 15 is 0 Å². The Bertz CT molecular complexity index is 904. The number of carbonyl (C=O) groups is 3. The first-order chi connectivity index (χ1) is 14.0. The molecule has 0 aliphatic rings. The van der Waals surface area contributed by atoms with Gasteiger partial charge in [-0.1, -0.05) is 23.8 Å². The van der Waals surface area contributed by atoms with Crippen LogP contribution in [-0.4, -0.2) is 29.7 Å². The molecule has 30 heavy (non-hydrogen) atoms. The van der Waals surface area contributed by atoms with Crippen LogP contribution in [0.5, 0.6) is 0 Å². The lowest BCUT2D eigenvalue weighted by atomic mass is 10.0. The number of aromatic amines is 1. The lowest BCUT2D eigenvalue weighted by molar-refractivity contribution is -0.342. The quantitative estimate of drug-likeness (QED) is 0.526. The fourth-order valence-electron chi connectivity index (χ4n) is 2.60. The van der Waals surface area contributed by atoms with E-state index < -0.39 is 18.0 Å². The summed E-state index contributed by atoms with van der Waals surface area (Å²) in [6.45, 7) is 8.33. The summed E-state index contributed by atoms with van der Waals surface area (Å²) in [5, 5.41) is 22.3. The lowest BCUT2D eigenvalue weighted by Gasteiger charge is -2.15. The van der Waals surface area contributed by atoms with Crippen LogP contribution in [0.25, 0.3) is 0 Å². The summed E-state index contributed by atoms with van der Waals surface area (Å²) in [5.41, 5.74) is 10.2. The van der Waals surface area contributed by atoms with E-state index in [2.05, 4.69) is 54.6 Å². The van der Waals surface area contributed by atoms with Gasteiger partial charge in [-0.15, -0.1) is 0 Å². The van der Waals surface area contributed by atoms with E-state index in [-0.39, 0.29) is 6.04 Å². The molecular weight excluding hydrogens is 392 g/mol. The Labute approximate surface area is 174 Å². The first-order valence-electron chi connectivity index (χ1n) is 9.08. The van der Waals surface area contributed by atoms with Crippen molar-refractivity contribution >= 4 is 35.4 Å². The number of carboxylic acids is 2. The molecule has 1 aromatic heterocycles. The minimum absolute atomic E-state index is 0.116. The van der Waals surface area contributed by atoms with Crippen molar-refractivity contribution < 1.29 is 34.3 Å². The minimum atomic E-state index is -2.07. The third kappa shape index (κ3) is 7.66. The van der Waals surface area contributed by atoms with Crippen LogP contribution in [0.2, 0.25) is 0 Å². The summed E-state index contributed by atoms with van der Waals surface area (Å²) in [5.74, 6) is -2.87. The van der Waals surface area contributed by atoms with E-state index in [0.29, 0.717) is 18.1 Å². The van der Waals surface area contributed by atoms with Crippen LogP contribution >= 0.6 is 0 Å². The standard InChI is InChI=1S/C18H24N4O2.C2H2O4/c1-5-24-18(23)21-15-8-9-16(22-17(15)19)20-13(4)14-7-6-11(2)10-12(14)3;3-1(4)2(5)6/h6-10,13H,5H2,1-4H3,(H,21,23)(H3,19,20,22);(H,3,4)(H,5,6). The van der Waals surface area contributed by atoms with Crippen LogP contribution in [0, 0.1) is 13.8 Å². The molecule has 0 aliphatic heterocycles. The topological polar surface area (TPSA) is 168 Å². The van der Waals surface area contributed by atoms with Gasteiger partial charge in [-0.2, -0.15) is 0 Å². The number of amides is 1. The molecule has 1 unspecified atom stereocenters.